The number of alkyl halides is 6. The Morgan fingerprint density at radius 1 is 0.961 bits per heavy atom. The summed E-state index contributed by atoms with van der Waals surface area (Å²) in [4.78, 5) is 27.1. The zero-order chi connectivity index (χ0) is 38.7. The molecule has 276 valence electrons. The number of aromatic amines is 1. The second-order valence-corrected chi connectivity index (χ2v) is 10.2. The van der Waals surface area contributed by atoms with Crippen LogP contribution in [0.1, 0.15) is 32.2 Å². The van der Waals surface area contributed by atoms with E-state index in [2.05, 4.69) is 9.97 Å². The predicted molar refractivity (Wildman–Crippen MR) is 168 cm³/mol. The lowest BCUT2D eigenvalue weighted by atomic mass is 10.1. The Morgan fingerprint density at radius 2 is 1.51 bits per heavy atom. The molecule has 0 unspecified atom stereocenters. The second kappa shape index (κ2) is 17.7. The van der Waals surface area contributed by atoms with E-state index in [-0.39, 0.29) is 35.7 Å². The summed E-state index contributed by atoms with van der Waals surface area (Å²) < 4.78 is 105. The average Bonchev–Trinajstić information content (AvgIpc) is 3.50. The van der Waals surface area contributed by atoms with Crippen molar-refractivity contribution in [1.29, 1.82) is 5.41 Å². The molecule has 1 heterocycles. The third kappa shape index (κ3) is 12.5. The highest BCUT2D eigenvalue weighted by atomic mass is 19.4. The van der Waals surface area contributed by atoms with Crippen molar-refractivity contribution in [2.24, 2.45) is 5.73 Å². The first-order valence-corrected chi connectivity index (χ1v) is 14.4. The van der Waals surface area contributed by atoms with Gasteiger partial charge in [-0.15, -0.1) is 0 Å². The summed E-state index contributed by atoms with van der Waals surface area (Å²) >= 11 is 0. The van der Waals surface area contributed by atoms with Crippen molar-refractivity contribution in [2.45, 2.75) is 45.8 Å². The van der Waals surface area contributed by atoms with E-state index < -0.39 is 30.1 Å². The number of benzene rings is 3. The van der Waals surface area contributed by atoms with E-state index in [9.17, 15) is 30.7 Å². The third-order valence-electron chi connectivity index (χ3n) is 6.02. The number of hydrogen-bond donors (Lipinski definition) is 5. The van der Waals surface area contributed by atoms with E-state index in [1.165, 1.54) is 12.1 Å². The molecule has 4 aromatic rings. The Bertz CT molecular complexity index is 1770. The van der Waals surface area contributed by atoms with Crippen LogP contribution < -0.4 is 20.1 Å². The number of nitrogen functional groups attached to an aromatic ring is 1. The van der Waals surface area contributed by atoms with Crippen LogP contribution in [0.4, 0.5) is 46.5 Å². The van der Waals surface area contributed by atoms with Crippen LogP contribution in [0.25, 0.3) is 11.3 Å². The number of aromatic nitrogens is 2. The number of H-pyrrole nitrogens is 1. The van der Waals surface area contributed by atoms with Gasteiger partial charge in [-0.1, -0.05) is 12.1 Å². The van der Waals surface area contributed by atoms with Gasteiger partial charge in [0.2, 0.25) is 0 Å². The molecular weight excluding hydrogens is 702 g/mol. The third-order valence-corrected chi connectivity index (χ3v) is 6.02. The van der Waals surface area contributed by atoms with Crippen LogP contribution in [0.2, 0.25) is 0 Å². The molecule has 0 radical (unpaired) electrons. The van der Waals surface area contributed by atoms with E-state index in [1.807, 2.05) is 20.8 Å². The first kappa shape index (κ1) is 41.3. The summed E-state index contributed by atoms with van der Waals surface area (Å²) in [6.07, 6.45) is -8.80. The molecule has 0 aliphatic rings. The van der Waals surface area contributed by atoms with Crippen molar-refractivity contribution in [3.8, 4) is 22.8 Å². The molecule has 0 saturated carbocycles. The molecule has 51 heavy (non-hydrogen) atoms. The predicted octanol–water partition coefficient (Wildman–Crippen LogP) is 7.43. The Balaban J connectivity index is 0.000000543. The van der Waals surface area contributed by atoms with Crippen LogP contribution in [0.3, 0.4) is 0 Å². The number of anilines is 2. The number of imidazole rings is 1. The molecule has 0 aliphatic heterocycles. The maximum absolute atomic E-state index is 15.9. The molecule has 1 aromatic heterocycles. The molecule has 0 saturated heterocycles. The topological polar surface area (TPSA) is 175 Å². The molecule has 0 amide bonds. The van der Waals surface area contributed by atoms with E-state index in [4.69, 9.17) is 40.4 Å². The Hall–Kier alpha value is -5.88. The normalized spacial score (nSPS) is 11.1. The SMILES string of the molecule is CCOc1cc(OC(C)C)c(F)c(N(Cc2nc(-c3ccccc3F)c[nH]2)c2ccc(C(=N)N)cc2)c1.O=C(O)C(F)(F)F.O=C(O)C(F)(F)F. The molecule has 19 heteroatoms. The molecule has 11 nitrogen and oxygen atoms in total. The molecule has 0 bridgehead atoms. The summed E-state index contributed by atoms with van der Waals surface area (Å²) in [6, 6.07) is 16.4. The summed E-state index contributed by atoms with van der Waals surface area (Å²) in [5, 5.41) is 21.9. The molecule has 0 atom stereocenters. The van der Waals surface area contributed by atoms with Gasteiger partial charge < -0.3 is 35.3 Å². The molecule has 4 rings (SSSR count). The Kier molecular flexibility index (Phi) is 14.3. The lowest BCUT2D eigenvalue weighted by Gasteiger charge is -2.26. The van der Waals surface area contributed by atoms with Crippen molar-refractivity contribution >= 4 is 29.1 Å². The smallest absolute Gasteiger partial charge is 0.490 e. The van der Waals surface area contributed by atoms with Crippen molar-refractivity contribution in [2.75, 3.05) is 11.5 Å². The van der Waals surface area contributed by atoms with Gasteiger partial charge in [-0.2, -0.15) is 26.3 Å². The van der Waals surface area contributed by atoms with Gasteiger partial charge in [-0.3, -0.25) is 5.41 Å². The number of rotatable bonds is 10. The molecular formula is C32H31F8N5O6. The number of nitrogens with one attached hydrogen (secondary N) is 2. The van der Waals surface area contributed by atoms with Gasteiger partial charge in [-0.05, 0) is 57.2 Å². The molecule has 0 fully saturated rings. The molecule has 3 aromatic carbocycles. The van der Waals surface area contributed by atoms with Crippen LogP contribution in [0.5, 0.6) is 11.5 Å². The highest BCUT2D eigenvalue weighted by Crippen LogP contribution is 2.38. The molecule has 0 aliphatic carbocycles. The van der Waals surface area contributed by atoms with Gasteiger partial charge in [0.15, 0.2) is 11.6 Å². The Labute approximate surface area is 284 Å². The van der Waals surface area contributed by atoms with E-state index >= 15 is 4.39 Å². The van der Waals surface area contributed by atoms with Gasteiger partial charge in [0.1, 0.15) is 23.2 Å². The zero-order valence-electron chi connectivity index (χ0n) is 26.9. The first-order chi connectivity index (χ1) is 23.6. The van der Waals surface area contributed by atoms with E-state index in [1.54, 1.807) is 59.6 Å². The van der Waals surface area contributed by atoms with E-state index in [0.717, 1.165) is 0 Å². The Morgan fingerprint density at radius 3 is 1.98 bits per heavy atom. The minimum Gasteiger partial charge on any atom is -0.494 e. The van der Waals surface area contributed by atoms with Gasteiger partial charge >= 0.3 is 24.3 Å². The van der Waals surface area contributed by atoms with Crippen LogP contribution in [-0.2, 0) is 16.1 Å². The highest BCUT2D eigenvalue weighted by molar-refractivity contribution is 5.95. The molecule has 6 N–H and O–H groups in total. The fraction of sp³-hybridized carbons (Fsp3) is 0.250. The highest BCUT2D eigenvalue weighted by Gasteiger charge is 2.39. The fourth-order valence-electron chi connectivity index (χ4n) is 3.88. The summed E-state index contributed by atoms with van der Waals surface area (Å²) in [6.45, 7) is 6.00. The lowest BCUT2D eigenvalue weighted by Crippen LogP contribution is -2.21. The maximum atomic E-state index is 15.9. The van der Waals surface area contributed by atoms with Gasteiger partial charge in [0.25, 0.3) is 0 Å². The maximum Gasteiger partial charge on any atom is 0.490 e. The van der Waals surface area contributed by atoms with Crippen LogP contribution in [0.15, 0.2) is 66.9 Å². The van der Waals surface area contributed by atoms with Crippen molar-refractivity contribution in [1.82, 2.24) is 9.97 Å². The number of halogens is 8. The number of ether oxygens (including phenoxy) is 2. The van der Waals surface area contributed by atoms with Crippen molar-refractivity contribution in [3.63, 3.8) is 0 Å². The number of nitrogens with zero attached hydrogens (tertiary/aromatic N) is 2. The number of carboxylic acids is 2. The van der Waals surface area contributed by atoms with Crippen molar-refractivity contribution < 1.29 is 64.4 Å². The number of aliphatic carboxylic acids is 2. The number of nitrogens with two attached hydrogens (primary N) is 1. The van der Waals surface area contributed by atoms with Crippen molar-refractivity contribution in [3.05, 3.63) is 89.9 Å². The van der Waals surface area contributed by atoms with Gasteiger partial charge in [0.05, 0.1) is 30.6 Å². The quantitative estimate of drug-likeness (QED) is 0.0631. The summed E-state index contributed by atoms with van der Waals surface area (Å²) in [7, 11) is 0. The minimum absolute atomic E-state index is 0.0628. The van der Waals surface area contributed by atoms with Crippen LogP contribution in [-0.4, -0.2) is 63.0 Å². The zero-order valence-corrected chi connectivity index (χ0v) is 26.9. The van der Waals surface area contributed by atoms with Gasteiger partial charge in [-0.25, -0.2) is 23.4 Å². The van der Waals surface area contributed by atoms with Crippen LogP contribution >= 0.6 is 0 Å². The average molecular weight is 734 g/mol. The standard InChI is InChI=1S/C28H29F2N5O2.2C2HF3O2/c1-4-36-20-13-24(27(30)25(14-20)37-17(2)3)35(19-11-9-18(10-12-19)28(31)32)16-26-33-15-23(34-26)21-7-5-6-8-22(21)29;2*3-2(4,5)1(6)7/h5-15,17H,4,16H2,1-3H3,(H3,31,32)(H,33,34);2*(H,6,7). The monoisotopic (exact) mass is 733 g/mol. The minimum atomic E-state index is -5.08. The number of hydrogen-bond acceptors (Lipinski definition) is 7. The van der Waals surface area contributed by atoms with Gasteiger partial charge in [0, 0.05) is 35.1 Å². The number of carbonyl (C=O) groups is 2. The number of carboxylic acid groups (broad SMARTS) is 2. The second-order valence-electron chi connectivity index (χ2n) is 10.2. The summed E-state index contributed by atoms with van der Waals surface area (Å²) in [5.74, 6) is -5.53. The first-order valence-electron chi connectivity index (χ1n) is 14.4. The summed E-state index contributed by atoms with van der Waals surface area (Å²) in [5.41, 5.74) is 7.79. The molecule has 0 spiro atoms. The largest absolute Gasteiger partial charge is 0.494 e. The van der Waals surface area contributed by atoms with Crippen LogP contribution in [0, 0.1) is 17.0 Å². The van der Waals surface area contributed by atoms with E-state index in [0.29, 0.717) is 40.7 Å². The fourth-order valence-corrected chi connectivity index (χ4v) is 3.88. The lowest BCUT2D eigenvalue weighted by molar-refractivity contribution is -0.193. The number of amidine groups is 1.